The minimum Gasteiger partial charge on any atom is -0.330 e. The van der Waals surface area contributed by atoms with Gasteiger partial charge in [-0.25, -0.2) is 0 Å². The highest BCUT2D eigenvalue weighted by atomic mass is 16.2. The maximum absolute atomic E-state index is 13.9. The van der Waals surface area contributed by atoms with Gasteiger partial charge in [-0.05, 0) is 41.8 Å². The molecule has 2 aliphatic heterocycles. The predicted molar refractivity (Wildman–Crippen MR) is 119 cm³/mol. The Morgan fingerprint density at radius 3 is 2.75 bits per heavy atom. The fraction of sp³-hybridized carbons (Fsp3) is 0.160. The lowest BCUT2D eigenvalue weighted by Crippen LogP contribution is -2.42. The molecule has 6 rings (SSSR count). The molecular formula is C25H19N5O2. The Morgan fingerprint density at radius 1 is 1.00 bits per heavy atom. The van der Waals surface area contributed by atoms with Gasteiger partial charge in [-0.1, -0.05) is 30.3 Å². The lowest BCUT2D eigenvalue weighted by Gasteiger charge is -2.34. The molecule has 7 heteroatoms. The van der Waals surface area contributed by atoms with Crippen LogP contribution in [0.15, 0.2) is 79.4 Å². The number of aromatic nitrogens is 3. The highest BCUT2D eigenvalue weighted by Crippen LogP contribution is 2.54. The van der Waals surface area contributed by atoms with Crippen molar-refractivity contribution in [1.29, 1.82) is 0 Å². The molecular weight excluding hydrogens is 402 g/mol. The van der Waals surface area contributed by atoms with Crippen molar-refractivity contribution in [1.82, 2.24) is 19.9 Å². The highest BCUT2D eigenvalue weighted by Gasteiger charge is 2.59. The number of rotatable bonds is 2. The Labute approximate surface area is 184 Å². The number of hydrogen-bond donors (Lipinski definition) is 1. The number of hydrogen-bond acceptors (Lipinski definition) is 5. The molecule has 0 radical (unpaired) electrons. The summed E-state index contributed by atoms with van der Waals surface area (Å²) in [6, 6.07) is 16.4. The number of fused-ring (bicyclic) bond motifs is 3. The van der Waals surface area contributed by atoms with Crippen molar-refractivity contribution >= 4 is 28.5 Å². The van der Waals surface area contributed by atoms with Crippen LogP contribution in [0.25, 0.3) is 11.0 Å². The number of carbonyl (C=O) groups is 2. The molecule has 1 saturated heterocycles. The van der Waals surface area contributed by atoms with Crippen LogP contribution in [0.1, 0.15) is 33.9 Å². The predicted octanol–water partition coefficient (Wildman–Crippen LogP) is 3.50. The third kappa shape index (κ3) is 2.51. The van der Waals surface area contributed by atoms with E-state index in [1.807, 2.05) is 48.5 Å². The van der Waals surface area contributed by atoms with E-state index in [1.54, 1.807) is 35.8 Å². The summed E-state index contributed by atoms with van der Waals surface area (Å²) < 4.78 is 0. The van der Waals surface area contributed by atoms with Crippen molar-refractivity contribution in [2.24, 2.45) is 0 Å². The second-order valence-corrected chi connectivity index (χ2v) is 8.14. The van der Waals surface area contributed by atoms with Gasteiger partial charge in [-0.3, -0.25) is 24.5 Å². The van der Waals surface area contributed by atoms with Crippen LogP contribution >= 0.6 is 0 Å². The molecule has 4 aromatic rings. The van der Waals surface area contributed by atoms with Crippen molar-refractivity contribution in [2.75, 3.05) is 11.9 Å². The topological polar surface area (TPSA) is 88.1 Å². The number of carbonyl (C=O) groups excluding carboxylic acids is 2. The van der Waals surface area contributed by atoms with Gasteiger partial charge < -0.3 is 10.2 Å². The monoisotopic (exact) mass is 421 g/mol. The fourth-order valence-electron chi connectivity index (χ4n) is 5.23. The largest absolute Gasteiger partial charge is 0.330 e. The molecule has 1 N–H and O–H groups in total. The molecule has 32 heavy (non-hydrogen) atoms. The van der Waals surface area contributed by atoms with Crippen LogP contribution in [0.5, 0.6) is 0 Å². The average molecular weight is 421 g/mol. The molecule has 0 aliphatic carbocycles. The van der Waals surface area contributed by atoms with E-state index in [9.17, 15) is 9.59 Å². The minimum atomic E-state index is -0.869. The zero-order valence-electron chi connectivity index (χ0n) is 17.1. The van der Waals surface area contributed by atoms with Gasteiger partial charge in [0.15, 0.2) is 0 Å². The first-order valence-corrected chi connectivity index (χ1v) is 10.5. The van der Waals surface area contributed by atoms with Gasteiger partial charge >= 0.3 is 0 Å². The fourth-order valence-corrected chi connectivity index (χ4v) is 5.23. The molecule has 156 valence electrons. The smallest absolute Gasteiger partial charge is 0.256 e. The van der Waals surface area contributed by atoms with Crippen molar-refractivity contribution in [3.05, 3.63) is 96.1 Å². The first kappa shape index (κ1) is 18.6. The van der Waals surface area contributed by atoms with Gasteiger partial charge in [0.25, 0.3) is 5.91 Å². The summed E-state index contributed by atoms with van der Waals surface area (Å²) >= 11 is 0. The van der Waals surface area contributed by atoms with E-state index >= 15 is 0 Å². The number of pyridine rings is 1. The number of nitrogens with one attached hydrogen (secondary N) is 1. The molecule has 2 aromatic carbocycles. The van der Waals surface area contributed by atoms with Crippen molar-refractivity contribution in [2.45, 2.75) is 17.9 Å². The quantitative estimate of drug-likeness (QED) is 0.535. The normalized spacial score (nSPS) is 21.7. The van der Waals surface area contributed by atoms with Crippen molar-refractivity contribution in [3.63, 3.8) is 0 Å². The van der Waals surface area contributed by atoms with Crippen LogP contribution in [0.2, 0.25) is 0 Å². The lowest BCUT2D eigenvalue weighted by atomic mass is 9.73. The molecule has 7 nitrogen and oxygen atoms in total. The highest BCUT2D eigenvalue weighted by molar-refractivity contribution is 6.09. The van der Waals surface area contributed by atoms with E-state index in [0.717, 1.165) is 16.8 Å². The van der Waals surface area contributed by atoms with E-state index in [2.05, 4.69) is 20.3 Å². The summed E-state index contributed by atoms with van der Waals surface area (Å²) in [6.07, 6.45) is 7.16. The van der Waals surface area contributed by atoms with Crippen LogP contribution in [0.3, 0.4) is 0 Å². The second-order valence-electron chi connectivity index (χ2n) is 8.14. The Kier molecular flexibility index (Phi) is 4.04. The van der Waals surface area contributed by atoms with Gasteiger partial charge in [-0.2, -0.15) is 0 Å². The summed E-state index contributed by atoms with van der Waals surface area (Å²) in [5, 5.41) is 3.04. The Balaban J connectivity index is 1.53. The number of amides is 2. The van der Waals surface area contributed by atoms with Gasteiger partial charge in [0.1, 0.15) is 10.9 Å². The van der Waals surface area contributed by atoms with Crippen LogP contribution in [0, 0.1) is 0 Å². The van der Waals surface area contributed by atoms with Gasteiger partial charge in [0.2, 0.25) is 5.91 Å². The second kappa shape index (κ2) is 6.95. The van der Waals surface area contributed by atoms with E-state index in [0.29, 0.717) is 29.6 Å². The van der Waals surface area contributed by atoms with E-state index in [1.165, 1.54) is 0 Å². The SMILES string of the molecule is O=C(c1cccc2nccnc12)N1CCC2(C(=O)Nc3ccccc32)C1c1cccnc1. The lowest BCUT2D eigenvalue weighted by molar-refractivity contribution is -0.121. The third-order valence-electron chi connectivity index (χ3n) is 6.58. The first-order valence-electron chi connectivity index (χ1n) is 10.5. The molecule has 2 amide bonds. The summed E-state index contributed by atoms with van der Waals surface area (Å²) in [4.78, 5) is 42.2. The summed E-state index contributed by atoms with van der Waals surface area (Å²) in [5.74, 6) is -0.250. The maximum atomic E-state index is 13.9. The zero-order valence-corrected chi connectivity index (χ0v) is 17.1. The van der Waals surface area contributed by atoms with Crippen LogP contribution < -0.4 is 5.32 Å². The molecule has 1 spiro atoms. The third-order valence-corrected chi connectivity index (χ3v) is 6.58. The first-order chi connectivity index (χ1) is 15.7. The molecule has 2 unspecified atom stereocenters. The van der Waals surface area contributed by atoms with Crippen LogP contribution in [-0.2, 0) is 10.2 Å². The summed E-state index contributed by atoms with van der Waals surface area (Å²) in [6.45, 7) is 0.441. The van der Waals surface area contributed by atoms with E-state index < -0.39 is 11.5 Å². The molecule has 2 aromatic heterocycles. The van der Waals surface area contributed by atoms with Crippen molar-refractivity contribution in [3.8, 4) is 0 Å². The zero-order chi connectivity index (χ0) is 21.7. The van der Waals surface area contributed by atoms with Gasteiger partial charge in [-0.15, -0.1) is 0 Å². The Morgan fingerprint density at radius 2 is 1.88 bits per heavy atom. The van der Waals surface area contributed by atoms with Crippen LogP contribution in [0.4, 0.5) is 5.69 Å². The standard InChI is InChI=1S/C25H19N5O2/c31-23(17-6-3-9-20-21(17)28-13-12-27-20)30-14-10-25(22(30)16-5-4-11-26-15-16)18-7-1-2-8-19(18)29-24(25)32/h1-9,11-13,15,22H,10,14H2,(H,29,32). The van der Waals surface area contributed by atoms with Crippen molar-refractivity contribution < 1.29 is 9.59 Å². The molecule has 2 aliphatic rings. The van der Waals surface area contributed by atoms with Gasteiger partial charge in [0.05, 0.1) is 17.1 Å². The van der Waals surface area contributed by atoms with E-state index in [4.69, 9.17) is 0 Å². The number of anilines is 1. The summed E-state index contributed by atoms with van der Waals surface area (Å²) in [7, 11) is 0. The Bertz CT molecular complexity index is 1370. The van der Waals surface area contributed by atoms with Gasteiger partial charge in [0, 0.05) is 37.0 Å². The number of benzene rings is 2. The molecule has 0 bridgehead atoms. The molecule has 0 saturated carbocycles. The number of para-hydroxylation sites is 2. The average Bonchev–Trinajstić information content (AvgIpc) is 3.38. The van der Waals surface area contributed by atoms with E-state index in [-0.39, 0.29) is 11.8 Å². The Hall–Kier alpha value is -4.13. The molecule has 4 heterocycles. The maximum Gasteiger partial charge on any atom is 0.256 e. The van der Waals surface area contributed by atoms with Crippen LogP contribution in [-0.4, -0.2) is 38.2 Å². The number of likely N-dealkylation sites (tertiary alicyclic amines) is 1. The molecule has 2 atom stereocenters. The summed E-state index contributed by atoms with van der Waals surface area (Å²) in [5.41, 5.74) is 3.38. The number of nitrogens with zero attached hydrogens (tertiary/aromatic N) is 4. The minimum absolute atomic E-state index is 0.0828. The molecule has 1 fully saturated rings.